The van der Waals surface area contributed by atoms with Crippen molar-refractivity contribution < 1.29 is 4.74 Å². The summed E-state index contributed by atoms with van der Waals surface area (Å²) in [4.78, 5) is 4.27. The second kappa shape index (κ2) is 6.31. The summed E-state index contributed by atoms with van der Waals surface area (Å²) in [5, 5.41) is 0.968. The largest absolute Gasteiger partial charge is 0.494 e. The zero-order valence-corrected chi connectivity index (χ0v) is 11.1. The van der Waals surface area contributed by atoms with Crippen LogP contribution in [-0.4, -0.2) is 11.6 Å². The molecule has 0 fully saturated rings. The van der Waals surface area contributed by atoms with Gasteiger partial charge in [0.2, 0.25) is 0 Å². The minimum atomic E-state index is 0.682. The van der Waals surface area contributed by atoms with E-state index in [1.165, 1.54) is 5.56 Å². The van der Waals surface area contributed by atoms with Crippen molar-refractivity contribution in [3.8, 4) is 5.75 Å². The highest BCUT2D eigenvalue weighted by molar-refractivity contribution is 7.98. The number of benzene rings is 1. The third kappa shape index (κ3) is 3.40. The molecule has 4 heteroatoms. The van der Waals surface area contributed by atoms with Gasteiger partial charge in [-0.15, -0.1) is 11.8 Å². The summed E-state index contributed by atoms with van der Waals surface area (Å²) in [6.45, 7) is 2.67. The van der Waals surface area contributed by atoms with Gasteiger partial charge in [-0.1, -0.05) is 18.2 Å². The highest BCUT2D eigenvalue weighted by Gasteiger charge is 2.03. The molecule has 0 atom stereocenters. The van der Waals surface area contributed by atoms with Gasteiger partial charge >= 0.3 is 0 Å². The Hall–Kier alpha value is -1.68. The summed E-state index contributed by atoms with van der Waals surface area (Å²) >= 11 is 1.68. The molecule has 94 valence electrons. The fraction of sp³-hybridized carbons (Fsp3) is 0.214. The average Bonchev–Trinajstić information content (AvgIpc) is 2.40. The first-order chi connectivity index (χ1) is 8.79. The van der Waals surface area contributed by atoms with Crippen LogP contribution in [-0.2, 0) is 5.75 Å². The number of hydrogen-bond donors (Lipinski definition) is 1. The number of aromatic nitrogens is 1. The van der Waals surface area contributed by atoms with Crippen molar-refractivity contribution in [1.29, 1.82) is 0 Å². The van der Waals surface area contributed by atoms with Gasteiger partial charge in [0.15, 0.2) is 0 Å². The number of pyridine rings is 1. The van der Waals surface area contributed by atoms with E-state index >= 15 is 0 Å². The van der Waals surface area contributed by atoms with Gasteiger partial charge in [0, 0.05) is 11.3 Å². The first-order valence-corrected chi connectivity index (χ1v) is 6.83. The number of anilines is 1. The molecule has 0 aliphatic rings. The van der Waals surface area contributed by atoms with Gasteiger partial charge in [-0.3, -0.25) is 0 Å². The summed E-state index contributed by atoms with van der Waals surface area (Å²) in [7, 11) is 0. The SMILES string of the molecule is CCOc1ccccc1CSc1ccc(N)cn1. The summed E-state index contributed by atoms with van der Waals surface area (Å²) in [5.41, 5.74) is 7.48. The van der Waals surface area contributed by atoms with Crippen molar-refractivity contribution in [2.24, 2.45) is 0 Å². The molecule has 0 saturated carbocycles. The number of rotatable bonds is 5. The third-order valence-corrected chi connectivity index (χ3v) is 3.40. The predicted octanol–water partition coefficient (Wildman–Crippen LogP) is 3.35. The van der Waals surface area contributed by atoms with E-state index in [0.717, 1.165) is 16.5 Å². The topological polar surface area (TPSA) is 48.1 Å². The van der Waals surface area contributed by atoms with Crippen molar-refractivity contribution in [3.63, 3.8) is 0 Å². The molecule has 1 aromatic heterocycles. The summed E-state index contributed by atoms with van der Waals surface area (Å²) < 4.78 is 5.59. The van der Waals surface area contributed by atoms with Crippen LogP contribution in [0.1, 0.15) is 12.5 Å². The Morgan fingerprint density at radius 2 is 2.06 bits per heavy atom. The highest BCUT2D eigenvalue weighted by atomic mass is 32.2. The van der Waals surface area contributed by atoms with E-state index in [1.807, 2.05) is 37.3 Å². The van der Waals surface area contributed by atoms with Crippen LogP contribution in [0.5, 0.6) is 5.75 Å². The highest BCUT2D eigenvalue weighted by Crippen LogP contribution is 2.27. The van der Waals surface area contributed by atoms with Crippen molar-refractivity contribution in [2.75, 3.05) is 12.3 Å². The maximum atomic E-state index is 5.61. The summed E-state index contributed by atoms with van der Waals surface area (Å²) in [6.07, 6.45) is 1.68. The molecule has 18 heavy (non-hydrogen) atoms. The number of ether oxygens (including phenoxy) is 1. The van der Waals surface area contributed by atoms with Gasteiger partial charge in [-0.05, 0) is 25.1 Å². The monoisotopic (exact) mass is 260 g/mol. The van der Waals surface area contributed by atoms with E-state index in [2.05, 4.69) is 11.1 Å². The molecule has 0 aliphatic carbocycles. The first-order valence-electron chi connectivity index (χ1n) is 5.84. The first kappa shape index (κ1) is 12.8. The van der Waals surface area contributed by atoms with E-state index in [9.17, 15) is 0 Å². The Labute approximate surface area is 111 Å². The van der Waals surface area contributed by atoms with Gasteiger partial charge in [-0.25, -0.2) is 4.98 Å². The molecule has 3 nitrogen and oxygen atoms in total. The van der Waals surface area contributed by atoms with Crippen LogP contribution in [0, 0.1) is 0 Å². The molecule has 1 aromatic carbocycles. The Balaban J connectivity index is 2.03. The molecule has 0 unspecified atom stereocenters. The molecule has 1 heterocycles. The Kier molecular flexibility index (Phi) is 4.47. The summed E-state index contributed by atoms with van der Waals surface area (Å²) in [6, 6.07) is 11.9. The smallest absolute Gasteiger partial charge is 0.123 e. The lowest BCUT2D eigenvalue weighted by Crippen LogP contribution is -1.95. The molecule has 0 aliphatic heterocycles. The lowest BCUT2D eigenvalue weighted by molar-refractivity contribution is 0.337. The van der Waals surface area contributed by atoms with Crippen molar-refractivity contribution in [1.82, 2.24) is 4.98 Å². The zero-order chi connectivity index (χ0) is 12.8. The molecule has 2 N–H and O–H groups in total. The molecule has 2 aromatic rings. The van der Waals surface area contributed by atoms with Crippen LogP contribution in [0.4, 0.5) is 5.69 Å². The number of para-hydroxylation sites is 1. The van der Waals surface area contributed by atoms with Gasteiger partial charge < -0.3 is 10.5 Å². The maximum absolute atomic E-state index is 5.61. The number of nitrogens with zero attached hydrogens (tertiary/aromatic N) is 1. The number of nitrogen functional groups attached to an aromatic ring is 1. The average molecular weight is 260 g/mol. The molecule has 0 amide bonds. The maximum Gasteiger partial charge on any atom is 0.123 e. The molecular weight excluding hydrogens is 244 g/mol. The lowest BCUT2D eigenvalue weighted by Gasteiger charge is -2.09. The molecule has 0 spiro atoms. The minimum absolute atomic E-state index is 0.682. The third-order valence-electron chi connectivity index (χ3n) is 2.41. The fourth-order valence-corrected chi connectivity index (χ4v) is 2.38. The van der Waals surface area contributed by atoms with Crippen molar-refractivity contribution in [3.05, 3.63) is 48.2 Å². The second-order valence-electron chi connectivity index (χ2n) is 3.76. The van der Waals surface area contributed by atoms with Crippen LogP contribution in [0.25, 0.3) is 0 Å². The molecule has 0 radical (unpaired) electrons. The van der Waals surface area contributed by atoms with E-state index in [1.54, 1.807) is 18.0 Å². The zero-order valence-electron chi connectivity index (χ0n) is 10.3. The van der Waals surface area contributed by atoms with Gasteiger partial charge in [0.25, 0.3) is 0 Å². The van der Waals surface area contributed by atoms with Gasteiger partial charge in [0.1, 0.15) is 5.75 Å². The second-order valence-corrected chi connectivity index (χ2v) is 4.75. The van der Waals surface area contributed by atoms with E-state index < -0.39 is 0 Å². The quantitative estimate of drug-likeness (QED) is 0.837. The van der Waals surface area contributed by atoms with Gasteiger partial charge in [0.05, 0.1) is 23.5 Å². The molecule has 0 saturated heterocycles. The minimum Gasteiger partial charge on any atom is -0.494 e. The Morgan fingerprint density at radius 1 is 1.22 bits per heavy atom. The van der Waals surface area contributed by atoms with Crippen LogP contribution < -0.4 is 10.5 Å². The van der Waals surface area contributed by atoms with Crippen LogP contribution in [0.15, 0.2) is 47.6 Å². The summed E-state index contributed by atoms with van der Waals surface area (Å²) in [5.74, 6) is 1.79. The van der Waals surface area contributed by atoms with Gasteiger partial charge in [-0.2, -0.15) is 0 Å². The number of thioether (sulfide) groups is 1. The fourth-order valence-electron chi connectivity index (χ4n) is 1.55. The van der Waals surface area contributed by atoms with Crippen LogP contribution in [0.2, 0.25) is 0 Å². The van der Waals surface area contributed by atoms with E-state index in [4.69, 9.17) is 10.5 Å². The van der Waals surface area contributed by atoms with Crippen LogP contribution >= 0.6 is 11.8 Å². The molecule has 0 bridgehead atoms. The van der Waals surface area contributed by atoms with E-state index in [0.29, 0.717) is 12.3 Å². The Bertz CT molecular complexity index is 499. The van der Waals surface area contributed by atoms with Crippen molar-refractivity contribution >= 4 is 17.4 Å². The van der Waals surface area contributed by atoms with Crippen LogP contribution in [0.3, 0.4) is 0 Å². The number of hydrogen-bond acceptors (Lipinski definition) is 4. The standard InChI is InChI=1S/C14H16N2OS/c1-2-17-13-6-4-3-5-11(13)10-18-14-8-7-12(15)9-16-14/h3-9H,2,10,15H2,1H3. The predicted molar refractivity (Wildman–Crippen MR) is 75.8 cm³/mol. The van der Waals surface area contributed by atoms with E-state index in [-0.39, 0.29) is 0 Å². The molecular formula is C14H16N2OS. The normalized spacial score (nSPS) is 10.3. The van der Waals surface area contributed by atoms with Crippen molar-refractivity contribution in [2.45, 2.75) is 17.7 Å². The molecule has 2 rings (SSSR count). The number of nitrogens with two attached hydrogens (primary N) is 1. The lowest BCUT2D eigenvalue weighted by atomic mass is 10.2. The Morgan fingerprint density at radius 3 is 2.78 bits per heavy atom.